The van der Waals surface area contributed by atoms with Crippen LogP contribution in [0.3, 0.4) is 0 Å². The Bertz CT molecular complexity index is 939. The molecule has 1 saturated heterocycles. The maximum atomic E-state index is 13.2. The smallest absolute Gasteiger partial charge is 0.435 e. The summed E-state index contributed by atoms with van der Waals surface area (Å²) in [5, 5.41) is 6.17. The van der Waals surface area contributed by atoms with Crippen LogP contribution in [0.25, 0.3) is 0 Å². The van der Waals surface area contributed by atoms with Gasteiger partial charge in [0.05, 0.1) is 11.2 Å². The first-order valence-corrected chi connectivity index (χ1v) is 12.1. The van der Waals surface area contributed by atoms with Crippen LogP contribution < -0.4 is 5.01 Å². The first kappa shape index (κ1) is 25.2. The number of fused-ring (bicyclic) bond motifs is 1. The highest BCUT2D eigenvalue weighted by atomic mass is 16.6. The fourth-order valence-corrected chi connectivity index (χ4v) is 4.87. The third-order valence-electron chi connectivity index (χ3n) is 7.73. The first-order chi connectivity index (χ1) is 15.3. The second-order valence-electron chi connectivity index (χ2n) is 11.2. The molecular weight excluding hydrogens is 410 g/mol. The highest BCUT2D eigenvalue weighted by Gasteiger charge is 2.58. The molecule has 1 heterocycles. The van der Waals surface area contributed by atoms with Crippen LogP contribution in [0.5, 0.6) is 0 Å². The number of hydrogen-bond donors (Lipinski definition) is 0. The molecule has 5 nitrogen and oxygen atoms in total. The van der Waals surface area contributed by atoms with Gasteiger partial charge in [-0.3, -0.25) is 4.90 Å². The number of likely N-dealkylation sites (N-methyl/N-ethyl adjacent to an activating group) is 1. The van der Waals surface area contributed by atoms with Crippen molar-refractivity contribution in [2.24, 2.45) is 16.4 Å². The monoisotopic (exact) mass is 451 g/mol. The second-order valence-corrected chi connectivity index (χ2v) is 11.2. The van der Waals surface area contributed by atoms with Crippen molar-refractivity contribution in [2.75, 3.05) is 12.1 Å². The van der Waals surface area contributed by atoms with E-state index in [0.29, 0.717) is 23.6 Å². The van der Waals surface area contributed by atoms with Gasteiger partial charge in [0.25, 0.3) is 0 Å². The Kier molecular flexibility index (Phi) is 6.95. The molecule has 4 unspecified atom stereocenters. The summed E-state index contributed by atoms with van der Waals surface area (Å²) in [5.74, 6) is 0.836. The highest BCUT2D eigenvalue weighted by Crippen LogP contribution is 2.52. The predicted molar refractivity (Wildman–Crippen MR) is 138 cm³/mol. The molecule has 1 aromatic rings. The van der Waals surface area contributed by atoms with Crippen LogP contribution in [0, 0.1) is 11.3 Å². The molecule has 1 aromatic carbocycles. The summed E-state index contributed by atoms with van der Waals surface area (Å²) in [6, 6.07) is 8.37. The average Bonchev–Trinajstić information content (AvgIpc) is 2.91. The highest BCUT2D eigenvalue weighted by molar-refractivity contribution is 5.89. The van der Waals surface area contributed by atoms with E-state index in [4.69, 9.17) is 9.84 Å². The van der Waals surface area contributed by atoms with Gasteiger partial charge < -0.3 is 4.74 Å². The molecule has 0 spiro atoms. The van der Waals surface area contributed by atoms with Crippen LogP contribution in [0.4, 0.5) is 10.5 Å². The topological polar surface area (TPSA) is 45.1 Å². The van der Waals surface area contributed by atoms with E-state index >= 15 is 0 Å². The SMILES string of the molecule is CCC(C)c1ccc(N(/N=C/C2(C)N(C)C3C=CC=CC3C2(C)C)C(=O)OC(C)(C)C)cc1. The Labute approximate surface area is 200 Å². The van der Waals surface area contributed by atoms with Gasteiger partial charge >= 0.3 is 6.09 Å². The summed E-state index contributed by atoms with van der Waals surface area (Å²) in [6.45, 7) is 16.8. The fraction of sp³-hybridized carbons (Fsp3) is 0.571. The van der Waals surface area contributed by atoms with E-state index in [1.54, 1.807) is 0 Å². The van der Waals surface area contributed by atoms with Crippen molar-refractivity contribution >= 4 is 18.0 Å². The van der Waals surface area contributed by atoms with Gasteiger partial charge in [-0.15, -0.1) is 0 Å². The van der Waals surface area contributed by atoms with Gasteiger partial charge in [0, 0.05) is 18.2 Å². The Hall–Kier alpha value is -2.40. The zero-order valence-corrected chi connectivity index (χ0v) is 21.8. The molecule has 0 N–H and O–H groups in total. The van der Waals surface area contributed by atoms with Gasteiger partial charge in [0.15, 0.2) is 0 Å². The van der Waals surface area contributed by atoms with Crippen molar-refractivity contribution in [3.05, 3.63) is 54.1 Å². The average molecular weight is 452 g/mol. The molecule has 1 amide bonds. The van der Waals surface area contributed by atoms with Crippen LogP contribution in [0.1, 0.15) is 73.3 Å². The minimum Gasteiger partial charge on any atom is -0.442 e. The van der Waals surface area contributed by atoms with Crippen LogP contribution in [-0.2, 0) is 4.74 Å². The van der Waals surface area contributed by atoms with Crippen molar-refractivity contribution in [2.45, 2.75) is 84.9 Å². The Morgan fingerprint density at radius 1 is 1.18 bits per heavy atom. The van der Waals surface area contributed by atoms with Gasteiger partial charge in [-0.2, -0.15) is 10.1 Å². The fourth-order valence-electron chi connectivity index (χ4n) is 4.87. The molecule has 0 aromatic heterocycles. The largest absolute Gasteiger partial charge is 0.442 e. The lowest BCUT2D eigenvalue weighted by atomic mass is 9.67. The van der Waals surface area contributed by atoms with E-state index in [9.17, 15) is 4.79 Å². The van der Waals surface area contributed by atoms with Crippen molar-refractivity contribution in [3.63, 3.8) is 0 Å². The third kappa shape index (κ3) is 4.79. The van der Waals surface area contributed by atoms with Gasteiger partial charge in [0.2, 0.25) is 0 Å². The summed E-state index contributed by atoms with van der Waals surface area (Å²) < 4.78 is 5.71. The number of anilines is 1. The summed E-state index contributed by atoms with van der Waals surface area (Å²) in [7, 11) is 2.14. The van der Waals surface area contributed by atoms with E-state index in [1.807, 2.05) is 39.1 Å². The zero-order valence-electron chi connectivity index (χ0n) is 21.8. The van der Waals surface area contributed by atoms with Gasteiger partial charge in [-0.05, 0) is 70.2 Å². The number of hydrogen-bond acceptors (Lipinski definition) is 4. The molecule has 180 valence electrons. The molecule has 5 heteroatoms. The lowest BCUT2D eigenvalue weighted by molar-refractivity contribution is 0.0580. The van der Waals surface area contributed by atoms with E-state index < -0.39 is 11.7 Å². The van der Waals surface area contributed by atoms with Crippen molar-refractivity contribution in [3.8, 4) is 0 Å². The van der Waals surface area contributed by atoms with E-state index in [-0.39, 0.29) is 11.0 Å². The van der Waals surface area contributed by atoms with E-state index in [1.165, 1.54) is 10.6 Å². The Balaban J connectivity index is 1.98. The molecule has 3 rings (SSSR count). The number of carbonyl (C=O) groups is 1. The quantitative estimate of drug-likeness (QED) is 0.367. The van der Waals surface area contributed by atoms with E-state index in [0.717, 1.165) is 6.42 Å². The van der Waals surface area contributed by atoms with Gasteiger partial charge in [0.1, 0.15) is 5.60 Å². The summed E-state index contributed by atoms with van der Waals surface area (Å²) in [4.78, 5) is 15.6. The number of nitrogens with zero attached hydrogens (tertiary/aromatic N) is 3. The minimum atomic E-state index is -0.612. The standard InChI is InChI=1S/C28H41N3O2/c1-10-20(2)21-15-17-22(18-16-21)31(25(32)33-26(3,4)5)29-19-28(8)27(6,7)23-13-11-12-14-24(23)30(28)9/h11-20,23-24H,10H2,1-9H3/b29-19+. The molecule has 1 aliphatic carbocycles. The summed E-state index contributed by atoms with van der Waals surface area (Å²) in [6.07, 6.45) is 11.3. The number of hydrazone groups is 1. The molecule has 33 heavy (non-hydrogen) atoms. The molecule has 0 bridgehead atoms. The number of allylic oxidation sites excluding steroid dienone is 2. The normalized spacial score (nSPS) is 27.5. The van der Waals surface area contributed by atoms with Crippen molar-refractivity contribution < 1.29 is 9.53 Å². The lowest BCUT2D eigenvalue weighted by Crippen LogP contribution is -2.51. The first-order valence-electron chi connectivity index (χ1n) is 12.1. The number of likely N-dealkylation sites (tertiary alicyclic amines) is 1. The number of rotatable bonds is 5. The molecular formula is C28H41N3O2. The molecule has 0 saturated carbocycles. The lowest BCUT2D eigenvalue weighted by Gasteiger charge is -2.41. The van der Waals surface area contributed by atoms with Gasteiger partial charge in [-0.25, -0.2) is 4.79 Å². The molecule has 1 aliphatic heterocycles. The summed E-state index contributed by atoms with van der Waals surface area (Å²) in [5.41, 5.74) is 0.891. The van der Waals surface area contributed by atoms with Crippen LogP contribution in [-0.4, -0.2) is 41.4 Å². The molecule has 0 radical (unpaired) electrons. The number of benzene rings is 1. The molecule has 1 fully saturated rings. The van der Waals surface area contributed by atoms with Crippen LogP contribution in [0.2, 0.25) is 0 Å². The minimum absolute atomic E-state index is 0.0861. The van der Waals surface area contributed by atoms with Crippen LogP contribution in [0.15, 0.2) is 53.7 Å². The van der Waals surface area contributed by atoms with Crippen molar-refractivity contribution in [1.82, 2.24) is 4.90 Å². The maximum Gasteiger partial charge on any atom is 0.435 e. The zero-order chi connectivity index (χ0) is 24.6. The Morgan fingerprint density at radius 2 is 1.79 bits per heavy atom. The number of carbonyl (C=O) groups excluding carboxylic acids is 1. The van der Waals surface area contributed by atoms with Crippen LogP contribution >= 0.6 is 0 Å². The maximum absolute atomic E-state index is 13.2. The molecule has 2 aliphatic rings. The van der Waals surface area contributed by atoms with Crippen molar-refractivity contribution in [1.29, 1.82) is 0 Å². The van der Waals surface area contributed by atoms with Gasteiger partial charge in [-0.1, -0.05) is 64.1 Å². The number of amides is 1. The summed E-state index contributed by atoms with van der Waals surface area (Å²) >= 11 is 0. The Morgan fingerprint density at radius 3 is 2.33 bits per heavy atom. The third-order valence-corrected chi connectivity index (χ3v) is 7.73. The number of ether oxygens (including phenoxy) is 1. The second kappa shape index (κ2) is 9.09. The predicted octanol–water partition coefficient (Wildman–Crippen LogP) is 6.77. The van der Waals surface area contributed by atoms with E-state index in [2.05, 4.69) is 83.0 Å². The molecule has 4 atom stereocenters.